The molecule has 0 fully saturated rings. The SMILES string of the molecule is c1ccc(-c2cc(-c3cc4ccccc4cn3)cc(-c3nc(-c4ccccc4)nc(-c4ccccc4)n3)c2)cc1. The van der Waals surface area contributed by atoms with E-state index in [1.165, 1.54) is 0 Å². The van der Waals surface area contributed by atoms with E-state index in [4.69, 9.17) is 19.9 Å². The summed E-state index contributed by atoms with van der Waals surface area (Å²) in [6.45, 7) is 0. The Bertz CT molecular complexity index is 1880. The largest absolute Gasteiger partial charge is 0.256 e. The molecule has 0 aliphatic rings. The average Bonchev–Trinajstić information content (AvgIpc) is 3.05. The second-order valence-corrected chi connectivity index (χ2v) is 9.62. The number of fused-ring (bicyclic) bond motifs is 1. The number of benzene rings is 5. The van der Waals surface area contributed by atoms with E-state index < -0.39 is 0 Å². The summed E-state index contributed by atoms with van der Waals surface area (Å²) in [6.07, 6.45) is 1.93. The standard InChI is InChI=1S/C36H24N4/c1-4-12-25(13-5-1)30-20-31(33-23-28-18-10-11-19-29(28)24-37-33)22-32(21-30)36-39-34(26-14-6-2-7-15-26)38-35(40-36)27-16-8-3-9-17-27/h1-24H. The molecule has 5 aromatic carbocycles. The molecular formula is C36H24N4. The van der Waals surface area contributed by atoms with Crippen LogP contribution in [0.5, 0.6) is 0 Å². The maximum Gasteiger partial charge on any atom is 0.164 e. The van der Waals surface area contributed by atoms with Crippen LogP contribution in [0.2, 0.25) is 0 Å². The lowest BCUT2D eigenvalue weighted by Gasteiger charge is -2.12. The molecule has 4 heteroatoms. The Kier molecular flexibility index (Phi) is 6.11. The summed E-state index contributed by atoms with van der Waals surface area (Å²) in [5, 5.41) is 2.26. The van der Waals surface area contributed by atoms with E-state index in [2.05, 4.69) is 66.7 Å². The molecule has 0 aliphatic heterocycles. The van der Waals surface area contributed by atoms with Crippen LogP contribution < -0.4 is 0 Å². The molecule has 0 saturated carbocycles. The van der Waals surface area contributed by atoms with Gasteiger partial charge in [-0.3, -0.25) is 4.98 Å². The zero-order valence-electron chi connectivity index (χ0n) is 21.6. The van der Waals surface area contributed by atoms with Crippen LogP contribution in [0.3, 0.4) is 0 Å². The molecule has 0 atom stereocenters. The van der Waals surface area contributed by atoms with Gasteiger partial charge in [-0.05, 0) is 40.8 Å². The highest BCUT2D eigenvalue weighted by Gasteiger charge is 2.15. The third-order valence-electron chi connectivity index (χ3n) is 6.92. The summed E-state index contributed by atoms with van der Waals surface area (Å²) in [6, 6.07) is 47.4. The van der Waals surface area contributed by atoms with Crippen molar-refractivity contribution < 1.29 is 0 Å². The lowest BCUT2D eigenvalue weighted by Crippen LogP contribution is -2.00. The van der Waals surface area contributed by atoms with Crippen LogP contribution in [-0.4, -0.2) is 19.9 Å². The fraction of sp³-hybridized carbons (Fsp3) is 0. The van der Waals surface area contributed by atoms with Gasteiger partial charge in [0.25, 0.3) is 0 Å². The van der Waals surface area contributed by atoms with Crippen molar-refractivity contribution in [3.8, 4) is 56.5 Å². The van der Waals surface area contributed by atoms with E-state index in [0.717, 1.165) is 49.8 Å². The van der Waals surface area contributed by atoms with Crippen LogP contribution in [0.15, 0.2) is 146 Å². The second-order valence-electron chi connectivity index (χ2n) is 9.62. The number of hydrogen-bond donors (Lipinski definition) is 0. The summed E-state index contributed by atoms with van der Waals surface area (Å²) in [7, 11) is 0. The van der Waals surface area contributed by atoms with Gasteiger partial charge in [0.15, 0.2) is 17.5 Å². The van der Waals surface area contributed by atoms with Crippen LogP contribution in [0.25, 0.3) is 67.3 Å². The summed E-state index contributed by atoms with van der Waals surface area (Å²) < 4.78 is 0. The van der Waals surface area contributed by atoms with Gasteiger partial charge in [-0.15, -0.1) is 0 Å². The van der Waals surface area contributed by atoms with Crippen molar-refractivity contribution in [2.24, 2.45) is 0 Å². The van der Waals surface area contributed by atoms with Crippen LogP contribution in [0.1, 0.15) is 0 Å². The number of rotatable bonds is 5. The van der Waals surface area contributed by atoms with E-state index in [1.807, 2.05) is 79.0 Å². The minimum Gasteiger partial charge on any atom is -0.256 e. The molecule has 0 N–H and O–H groups in total. The quantitative estimate of drug-likeness (QED) is 0.231. The number of pyridine rings is 1. The van der Waals surface area contributed by atoms with Crippen molar-refractivity contribution in [1.82, 2.24) is 19.9 Å². The van der Waals surface area contributed by atoms with Crippen molar-refractivity contribution in [3.63, 3.8) is 0 Å². The highest BCUT2D eigenvalue weighted by atomic mass is 15.0. The van der Waals surface area contributed by atoms with E-state index in [-0.39, 0.29) is 0 Å². The highest BCUT2D eigenvalue weighted by molar-refractivity contribution is 5.87. The molecule has 40 heavy (non-hydrogen) atoms. The van der Waals surface area contributed by atoms with Gasteiger partial charge in [0.05, 0.1) is 5.69 Å². The molecule has 7 rings (SSSR count). The maximum absolute atomic E-state index is 4.98. The Labute approximate surface area is 232 Å². The third kappa shape index (κ3) is 4.74. The minimum atomic E-state index is 0.618. The number of aromatic nitrogens is 4. The van der Waals surface area contributed by atoms with E-state index >= 15 is 0 Å². The Morgan fingerprint density at radius 3 is 1.38 bits per heavy atom. The Hall–Kier alpha value is -5.48. The van der Waals surface area contributed by atoms with Crippen LogP contribution in [0, 0.1) is 0 Å². The highest BCUT2D eigenvalue weighted by Crippen LogP contribution is 2.33. The first-order valence-corrected chi connectivity index (χ1v) is 13.2. The van der Waals surface area contributed by atoms with Crippen molar-refractivity contribution in [2.75, 3.05) is 0 Å². The Balaban J connectivity index is 1.45. The lowest BCUT2D eigenvalue weighted by atomic mass is 9.97. The first kappa shape index (κ1) is 23.6. The third-order valence-corrected chi connectivity index (χ3v) is 6.92. The van der Waals surface area contributed by atoms with Gasteiger partial charge in [-0.1, -0.05) is 115 Å². The van der Waals surface area contributed by atoms with Gasteiger partial charge in [0.1, 0.15) is 0 Å². The molecular weight excluding hydrogens is 488 g/mol. The van der Waals surface area contributed by atoms with Gasteiger partial charge in [-0.2, -0.15) is 0 Å². The van der Waals surface area contributed by atoms with Gasteiger partial charge in [0, 0.05) is 33.8 Å². The molecule has 2 heterocycles. The summed E-state index contributed by atoms with van der Waals surface area (Å²) in [4.78, 5) is 19.6. The van der Waals surface area contributed by atoms with Crippen LogP contribution >= 0.6 is 0 Å². The molecule has 4 nitrogen and oxygen atoms in total. The van der Waals surface area contributed by atoms with Crippen molar-refractivity contribution in [1.29, 1.82) is 0 Å². The number of hydrogen-bond acceptors (Lipinski definition) is 4. The predicted octanol–water partition coefficient (Wildman–Crippen LogP) is 8.75. The first-order valence-electron chi connectivity index (χ1n) is 13.2. The van der Waals surface area contributed by atoms with E-state index in [0.29, 0.717) is 17.5 Å². The molecule has 0 saturated heterocycles. The monoisotopic (exact) mass is 512 g/mol. The molecule has 188 valence electrons. The normalized spacial score (nSPS) is 11.0. The molecule has 0 radical (unpaired) electrons. The fourth-order valence-electron chi connectivity index (χ4n) is 4.88. The van der Waals surface area contributed by atoms with Gasteiger partial charge >= 0.3 is 0 Å². The minimum absolute atomic E-state index is 0.618. The van der Waals surface area contributed by atoms with Gasteiger partial charge in [-0.25, -0.2) is 15.0 Å². The topological polar surface area (TPSA) is 51.6 Å². The van der Waals surface area contributed by atoms with Crippen molar-refractivity contribution in [2.45, 2.75) is 0 Å². The molecule has 2 aromatic heterocycles. The van der Waals surface area contributed by atoms with Crippen molar-refractivity contribution >= 4 is 10.8 Å². The zero-order chi connectivity index (χ0) is 26.7. The predicted molar refractivity (Wildman–Crippen MR) is 162 cm³/mol. The molecule has 0 unspecified atom stereocenters. The molecule has 0 bridgehead atoms. The summed E-state index contributed by atoms with van der Waals surface area (Å²) >= 11 is 0. The average molecular weight is 513 g/mol. The molecule has 7 aromatic rings. The molecule has 0 aliphatic carbocycles. The molecule has 0 amide bonds. The summed E-state index contributed by atoms with van der Waals surface area (Å²) in [5.74, 6) is 1.90. The second kappa shape index (κ2) is 10.4. The fourth-order valence-corrected chi connectivity index (χ4v) is 4.88. The van der Waals surface area contributed by atoms with E-state index in [9.17, 15) is 0 Å². The zero-order valence-corrected chi connectivity index (χ0v) is 21.6. The smallest absolute Gasteiger partial charge is 0.164 e. The van der Waals surface area contributed by atoms with Gasteiger partial charge < -0.3 is 0 Å². The van der Waals surface area contributed by atoms with Crippen LogP contribution in [0.4, 0.5) is 0 Å². The first-order chi connectivity index (χ1) is 19.8. The Morgan fingerprint density at radius 2 is 0.775 bits per heavy atom. The lowest BCUT2D eigenvalue weighted by molar-refractivity contribution is 1.07. The molecule has 0 spiro atoms. The summed E-state index contributed by atoms with van der Waals surface area (Å²) in [5.41, 5.74) is 6.89. The maximum atomic E-state index is 4.98. The Morgan fingerprint density at radius 1 is 0.325 bits per heavy atom. The number of nitrogens with zero attached hydrogens (tertiary/aromatic N) is 4. The van der Waals surface area contributed by atoms with Crippen molar-refractivity contribution in [3.05, 3.63) is 146 Å². The van der Waals surface area contributed by atoms with Crippen LogP contribution in [-0.2, 0) is 0 Å². The van der Waals surface area contributed by atoms with E-state index in [1.54, 1.807) is 0 Å². The van der Waals surface area contributed by atoms with Gasteiger partial charge in [0.2, 0.25) is 0 Å².